The minimum Gasteiger partial charge on any atom is -0.346 e. The van der Waals surface area contributed by atoms with Crippen LogP contribution in [0.4, 0.5) is 0 Å². The van der Waals surface area contributed by atoms with E-state index >= 15 is 0 Å². The Morgan fingerprint density at radius 1 is 1.38 bits per heavy atom. The van der Waals surface area contributed by atoms with Crippen molar-refractivity contribution in [1.29, 1.82) is 0 Å². The average Bonchev–Trinajstić information content (AvgIpc) is 2.31. The normalized spacial score (nSPS) is 12.5. The van der Waals surface area contributed by atoms with E-state index in [0.29, 0.717) is 11.3 Å². The summed E-state index contributed by atoms with van der Waals surface area (Å²) in [5, 5.41) is 0. The van der Waals surface area contributed by atoms with Gasteiger partial charge in [0.2, 0.25) is 0 Å². The fourth-order valence-electron chi connectivity index (χ4n) is 1.26. The first-order valence-electron chi connectivity index (χ1n) is 4.92. The van der Waals surface area contributed by atoms with Crippen LogP contribution in [0.1, 0.15) is 52.1 Å². The van der Waals surface area contributed by atoms with Gasteiger partial charge >= 0.3 is 0 Å². The Balaban J connectivity index is 2.70. The van der Waals surface area contributed by atoms with E-state index in [0.717, 1.165) is 12.2 Å². The second-order valence-corrected chi connectivity index (χ2v) is 5.18. The molecule has 0 aliphatic carbocycles. The van der Waals surface area contributed by atoms with Gasteiger partial charge in [-0.2, -0.15) is 0 Å². The first kappa shape index (κ1) is 10.3. The van der Waals surface area contributed by atoms with Crippen molar-refractivity contribution in [1.82, 2.24) is 9.97 Å². The molecule has 0 saturated heterocycles. The van der Waals surface area contributed by atoms with Gasteiger partial charge < -0.3 is 4.98 Å². The summed E-state index contributed by atoms with van der Waals surface area (Å²) in [6, 6.07) is 0. The van der Waals surface area contributed by atoms with Crippen LogP contribution < -0.4 is 0 Å². The summed E-state index contributed by atoms with van der Waals surface area (Å²) < 4.78 is 0. The lowest BCUT2D eigenvalue weighted by molar-refractivity contribution is 0.402. The zero-order chi connectivity index (χ0) is 10.1. The highest BCUT2D eigenvalue weighted by molar-refractivity contribution is 5.06. The maximum absolute atomic E-state index is 4.37. The van der Waals surface area contributed by atoms with Crippen LogP contribution in [0.2, 0.25) is 0 Å². The predicted octanol–water partition coefficient (Wildman–Crippen LogP) is 3.12. The molecule has 1 rings (SSSR count). The number of imidazole rings is 1. The number of aromatic amines is 1. The van der Waals surface area contributed by atoms with Crippen molar-refractivity contribution in [2.45, 2.75) is 47.0 Å². The maximum Gasteiger partial charge on any atom is 0.106 e. The fraction of sp³-hybridized carbons (Fsp3) is 0.727. The maximum atomic E-state index is 4.37. The van der Waals surface area contributed by atoms with E-state index in [2.05, 4.69) is 44.6 Å². The average molecular weight is 180 g/mol. The van der Waals surface area contributed by atoms with Crippen molar-refractivity contribution >= 4 is 0 Å². The molecule has 2 nitrogen and oxygen atoms in total. The molecule has 1 aromatic rings. The molecule has 1 heterocycles. The Labute approximate surface area is 80.8 Å². The van der Waals surface area contributed by atoms with E-state index in [4.69, 9.17) is 0 Å². The number of hydrogen-bond donors (Lipinski definition) is 1. The van der Waals surface area contributed by atoms with Crippen molar-refractivity contribution in [2.24, 2.45) is 5.41 Å². The van der Waals surface area contributed by atoms with Crippen molar-refractivity contribution in [3.63, 3.8) is 0 Å². The summed E-state index contributed by atoms with van der Waals surface area (Å²) in [6.07, 6.45) is 2.96. The van der Waals surface area contributed by atoms with Crippen LogP contribution in [0.5, 0.6) is 0 Å². The van der Waals surface area contributed by atoms with Gasteiger partial charge in [0.1, 0.15) is 5.82 Å². The van der Waals surface area contributed by atoms with Crippen LogP contribution in [0.3, 0.4) is 0 Å². The lowest BCUT2D eigenvalue weighted by Gasteiger charge is -2.15. The standard InChI is InChI=1S/C11H20N2/c1-8(2)9-7-12-10(13-9)6-11(3,4)5/h7-8H,6H2,1-5H3,(H,12,13). The zero-order valence-corrected chi connectivity index (χ0v) is 9.31. The third kappa shape index (κ3) is 3.21. The van der Waals surface area contributed by atoms with Crippen LogP contribution in [0.25, 0.3) is 0 Å². The minimum atomic E-state index is 0.312. The molecular weight excluding hydrogens is 160 g/mol. The molecule has 0 aliphatic rings. The molecular formula is C11H20N2. The van der Waals surface area contributed by atoms with Gasteiger partial charge in [0, 0.05) is 18.3 Å². The lowest BCUT2D eigenvalue weighted by Crippen LogP contribution is -2.10. The van der Waals surface area contributed by atoms with Crippen molar-refractivity contribution in [2.75, 3.05) is 0 Å². The molecule has 0 radical (unpaired) electrons. The molecule has 0 saturated carbocycles. The molecule has 74 valence electrons. The highest BCUT2D eigenvalue weighted by atomic mass is 14.9. The van der Waals surface area contributed by atoms with E-state index in [1.165, 1.54) is 5.69 Å². The molecule has 0 aliphatic heterocycles. The van der Waals surface area contributed by atoms with Crippen LogP contribution in [0, 0.1) is 5.41 Å². The number of H-pyrrole nitrogens is 1. The molecule has 1 N–H and O–H groups in total. The van der Waals surface area contributed by atoms with Gasteiger partial charge in [-0.3, -0.25) is 0 Å². The molecule has 2 heteroatoms. The monoisotopic (exact) mass is 180 g/mol. The van der Waals surface area contributed by atoms with Gasteiger partial charge in [0.25, 0.3) is 0 Å². The third-order valence-electron chi connectivity index (χ3n) is 1.97. The summed E-state index contributed by atoms with van der Waals surface area (Å²) in [5.41, 5.74) is 1.55. The number of nitrogens with one attached hydrogen (secondary N) is 1. The fourth-order valence-corrected chi connectivity index (χ4v) is 1.26. The summed E-state index contributed by atoms with van der Waals surface area (Å²) >= 11 is 0. The SMILES string of the molecule is CC(C)c1cnc(CC(C)(C)C)[nH]1. The first-order chi connectivity index (χ1) is 5.88. The Bertz CT molecular complexity index is 266. The molecule has 13 heavy (non-hydrogen) atoms. The van der Waals surface area contributed by atoms with Gasteiger partial charge in [-0.25, -0.2) is 4.98 Å². The molecule has 0 fully saturated rings. The smallest absolute Gasteiger partial charge is 0.106 e. The Morgan fingerprint density at radius 2 is 2.00 bits per heavy atom. The molecule has 0 bridgehead atoms. The largest absolute Gasteiger partial charge is 0.346 e. The van der Waals surface area contributed by atoms with E-state index in [-0.39, 0.29) is 0 Å². The van der Waals surface area contributed by atoms with E-state index in [1.807, 2.05) is 6.20 Å². The van der Waals surface area contributed by atoms with Crippen LogP contribution in [-0.2, 0) is 6.42 Å². The summed E-state index contributed by atoms with van der Waals surface area (Å²) in [7, 11) is 0. The topological polar surface area (TPSA) is 28.7 Å². The second kappa shape index (κ2) is 3.52. The first-order valence-corrected chi connectivity index (χ1v) is 4.92. The number of hydrogen-bond acceptors (Lipinski definition) is 1. The van der Waals surface area contributed by atoms with Gasteiger partial charge in [-0.15, -0.1) is 0 Å². The minimum absolute atomic E-state index is 0.312. The van der Waals surface area contributed by atoms with Crippen LogP contribution in [-0.4, -0.2) is 9.97 Å². The van der Waals surface area contributed by atoms with E-state index in [1.54, 1.807) is 0 Å². The van der Waals surface area contributed by atoms with Gasteiger partial charge in [0.05, 0.1) is 0 Å². The van der Waals surface area contributed by atoms with Gasteiger partial charge in [-0.1, -0.05) is 34.6 Å². The molecule has 0 aromatic carbocycles. The summed E-state index contributed by atoms with van der Waals surface area (Å²) in [4.78, 5) is 7.73. The zero-order valence-electron chi connectivity index (χ0n) is 9.31. The van der Waals surface area contributed by atoms with Crippen molar-refractivity contribution in [3.05, 3.63) is 17.7 Å². The molecule has 0 amide bonds. The molecule has 0 unspecified atom stereocenters. The predicted molar refractivity (Wildman–Crippen MR) is 55.8 cm³/mol. The Morgan fingerprint density at radius 3 is 2.38 bits per heavy atom. The van der Waals surface area contributed by atoms with Gasteiger partial charge in [0.15, 0.2) is 0 Å². The lowest BCUT2D eigenvalue weighted by atomic mass is 9.92. The molecule has 0 atom stereocenters. The van der Waals surface area contributed by atoms with Crippen LogP contribution in [0.15, 0.2) is 6.20 Å². The highest BCUT2D eigenvalue weighted by Gasteiger charge is 2.14. The number of aromatic nitrogens is 2. The van der Waals surface area contributed by atoms with Crippen molar-refractivity contribution in [3.8, 4) is 0 Å². The quantitative estimate of drug-likeness (QED) is 0.744. The summed E-state index contributed by atoms with van der Waals surface area (Å²) in [6.45, 7) is 11.0. The van der Waals surface area contributed by atoms with Crippen LogP contribution >= 0.6 is 0 Å². The molecule has 0 spiro atoms. The number of rotatable bonds is 2. The van der Waals surface area contributed by atoms with Gasteiger partial charge in [-0.05, 0) is 11.3 Å². The Kier molecular flexibility index (Phi) is 2.79. The van der Waals surface area contributed by atoms with E-state index < -0.39 is 0 Å². The van der Waals surface area contributed by atoms with E-state index in [9.17, 15) is 0 Å². The second-order valence-electron chi connectivity index (χ2n) is 5.18. The highest BCUT2D eigenvalue weighted by Crippen LogP contribution is 2.20. The Hall–Kier alpha value is -0.790. The number of nitrogens with zero attached hydrogens (tertiary/aromatic N) is 1. The third-order valence-corrected chi connectivity index (χ3v) is 1.97. The van der Waals surface area contributed by atoms with Crippen molar-refractivity contribution < 1.29 is 0 Å². The summed E-state index contributed by atoms with van der Waals surface area (Å²) in [5.74, 6) is 1.65. The molecule has 1 aromatic heterocycles.